The van der Waals surface area contributed by atoms with Crippen LogP contribution in [-0.4, -0.2) is 5.11 Å². The van der Waals surface area contributed by atoms with Crippen molar-refractivity contribution in [3.8, 4) is 39.1 Å². The zero-order chi connectivity index (χ0) is 50.4. The van der Waals surface area contributed by atoms with Gasteiger partial charge in [-0.15, -0.1) is 0 Å². The van der Waals surface area contributed by atoms with Gasteiger partial charge < -0.3 is 19.3 Å². The highest BCUT2D eigenvalue weighted by molar-refractivity contribution is 6.28. The molecule has 12 aromatic carbocycles. The fourth-order valence-electron chi connectivity index (χ4n) is 11.8. The second-order valence-electron chi connectivity index (χ2n) is 20.2. The quantitative estimate of drug-likeness (QED) is 0.146. The lowest BCUT2D eigenvalue weighted by atomic mass is 9.91. The average Bonchev–Trinajstić information content (AvgIpc) is 3.81. The number of benzene rings is 12. The van der Waals surface area contributed by atoms with E-state index in [0.29, 0.717) is 5.69 Å². The first-order valence-electron chi connectivity index (χ1n) is 25.6. The highest BCUT2D eigenvalue weighted by Crippen LogP contribution is 2.52. The predicted molar refractivity (Wildman–Crippen MR) is 313 cm³/mol. The number of aromatic hydroxyl groups is 1. The van der Waals surface area contributed by atoms with Crippen LogP contribution in [-0.2, 0) is 0 Å². The number of furan rings is 1. The number of rotatable bonds is 9. The van der Waals surface area contributed by atoms with Crippen molar-refractivity contribution in [2.45, 2.75) is 41.5 Å². The van der Waals surface area contributed by atoms with E-state index in [1.54, 1.807) is 0 Å². The number of nitrogens with zero attached hydrogens (tertiary/aromatic N) is 2. The van der Waals surface area contributed by atoms with Crippen molar-refractivity contribution in [3.63, 3.8) is 0 Å². The molecule has 0 aliphatic rings. The standard InChI is InChI=1S/C70H54N2O2/c1-42-25-33-52(34-26-42)71(62-23-11-19-54(68(62)73)50-17-9-18-51(41-50)64-44(3)13-7-14-45(64)4)60-39-31-48-30-38-58-61(40-32-49-29-37-57(60)66(48)67(49)58)72(53-35-27-43(2)28-36-53)63-24-12-21-56-55-20-10-22-59(69(55)74-70(56)63)65-46(5)15-8-16-47(65)6/h7-41,73H,1-6H3. The summed E-state index contributed by atoms with van der Waals surface area (Å²) in [6.07, 6.45) is 0. The van der Waals surface area contributed by atoms with Gasteiger partial charge in [0.25, 0.3) is 0 Å². The van der Waals surface area contributed by atoms with Crippen molar-refractivity contribution in [2.75, 3.05) is 9.80 Å². The van der Waals surface area contributed by atoms with Gasteiger partial charge in [0, 0.05) is 44.0 Å². The number of fused-ring (bicyclic) bond motifs is 3. The number of phenols is 1. The van der Waals surface area contributed by atoms with Crippen molar-refractivity contribution < 1.29 is 9.52 Å². The molecular weight excluding hydrogens is 901 g/mol. The minimum atomic E-state index is 0.217. The predicted octanol–water partition coefficient (Wildman–Crippen LogP) is 20.0. The first kappa shape index (κ1) is 44.8. The molecule has 74 heavy (non-hydrogen) atoms. The molecule has 0 saturated carbocycles. The van der Waals surface area contributed by atoms with Crippen LogP contribution in [0.5, 0.6) is 5.75 Å². The Hall–Kier alpha value is -9.12. The van der Waals surface area contributed by atoms with Crippen LogP contribution < -0.4 is 9.80 Å². The second kappa shape index (κ2) is 17.6. The van der Waals surface area contributed by atoms with Crippen LogP contribution in [0.1, 0.15) is 33.4 Å². The van der Waals surface area contributed by atoms with E-state index >= 15 is 0 Å². The van der Waals surface area contributed by atoms with E-state index in [4.69, 9.17) is 4.42 Å². The third-order valence-corrected chi connectivity index (χ3v) is 15.4. The summed E-state index contributed by atoms with van der Waals surface area (Å²) >= 11 is 0. The summed E-state index contributed by atoms with van der Waals surface area (Å²) in [7, 11) is 0. The summed E-state index contributed by atoms with van der Waals surface area (Å²) in [6.45, 7) is 12.9. The van der Waals surface area contributed by atoms with E-state index in [1.165, 1.54) is 44.3 Å². The van der Waals surface area contributed by atoms with Gasteiger partial charge in [0.1, 0.15) is 11.3 Å². The summed E-state index contributed by atoms with van der Waals surface area (Å²) in [5.41, 5.74) is 21.0. The maximum atomic E-state index is 12.7. The topological polar surface area (TPSA) is 39.9 Å². The summed E-state index contributed by atoms with van der Waals surface area (Å²) in [5.74, 6) is 0.217. The van der Waals surface area contributed by atoms with Gasteiger partial charge >= 0.3 is 0 Å². The van der Waals surface area contributed by atoms with Crippen LogP contribution in [0.15, 0.2) is 217 Å². The molecule has 0 aliphatic carbocycles. The van der Waals surface area contributed by atoms with E-state index in [9.17, 15) is 5.11 Å². The Morgan fingerprint density at radius 3 is 1.38 bits per heavy atom. The zero-order valence-electron chi connectivity index (χ0n) is 42.5. The molecule has 13 aromatic rings. The highest BCUT2D eigenvalue weighted by Gasteiger charge is 2.26. The van der Waals surface area contributed by atoms with E-state index in [2.05, 4.69) is 252 Å². The maximum absolute atomic E-state index is 12.7. The Morgan fingerprint density at radius 1 is 0.338 bits per heavy atom. The van der Waals surface area contributed by atoms with E-state index in [0.717, 1.165) is 105 Å². The van der Waals surface area contributed by atoms with E-state index in [-0.39, 0.29) is 5.75 Å². The fourth-order valence-corrected chi connectivity index (χ4v) is 11.8. The molecule has 0 unspecified atom stereocenters. The lowest BCUT2D eigenvalue weighted by molar-refractivity contribution is 0.478. The summed E-state index contributed by atoms with van der Waals surface area (Å²) in [5, 5.41) is 21.7. The first-order valence-corrected chi connectivity index (χ1v) is 25.6. The first-order chi connectivity index (χ1) is 36.1. The zero-order valence-corrected chi connectivity index (χ0v) is 42.5. The molecular formula is C70H54N2O2. The Kier molecular flexibility index (Phi) is 10.6. The molecule has 0 saturated heterocycles. The van der Waals surface area contributed by atoms with Crippen LogP contribution in [0.25, 0.3) is 87.6 Å². The fraction of sp³-hybridized carbons (Fsp3) is 0.0857. The molecule has 0 fully saturated rings. The SMILES string of the molecule is Cc1ccc(N(c2cccc(-c3cccc(-c4c(C)cccc4C)c3)c2O)c2ccc3ccc4c(N(c5ccc(C)cc5)c5cccc6c5oc5c(-c7c(C)cccc7C)cccc56)ccc5ccc2c3c54)cc1. The van der Waals surface area contributed by atoms with Crippen LogP contribution >= 0.6 is 0 Å². The monoisotopic (exact) mass is 954 g/mol. The molecule has 4 heteroatoms. The van der Waals surface area contributed by atoms with Gasteiger partial charge in [-0.25, -0.2) is 0 Å². The van der Waals surface area contributed by atoms with E-state index < -0.39 is 0 Å². The Bertz CT molecular complexity index is 4290. The smallest absolute Gasteiger partial charge is 0.159 e. The molecule has 1 heterocycles. The van der Waals surface area contributed by atoms with Crippen LogP contribution in [0.3, 0.4) is 0 Å². The Morgan fingerprint density at radius 2 is 0.784 bits per heavy atom. The Balaban J connectivity index is 1.02. The largest absolute Gasteiger partial charge is 0.505 e. The van der Waals surface area contributed by atoms with Crippen LogP contribution in [0.2, 0.25) is 0 Å². The number of anilines is 6. The van der Waals surface area contributed by atoms with Gasteiger partial charge in [-0.3, -0.25) is 0 Å². The normalized spacial score (nSPS) is 11.7. The van der Waals surface area contributed by atoms with Gasteiger partial charge in [0.2, 0.25) is 0 Å². The number of phenolic OH excluding ortho intramolecular Hbond substituents is 1. The molecule has 356 valence electrons. The van der Waals surface area contributed by atoms with Gasteiger partial charge in [0.15, 0.2) is 5.58 Å². The van der Waals surface area contributed by atoms with Crippen molar-refractivity contribution in [1.29, 1.82) is 0 Å². The highest BCUT2D eigenvalue weighted by atomic mass is 16.3. The van der Waals surface area contributed by atoms with Crippen molar-refractivity contribution in [1.82, 2.24) is 0 Å². The summed E-state index contributed by atoms with van der Waals surface area (Å²) in [6, 6.07) is 76.1. The molecule has 0 atom stereocenters. The molecule has 0 aliphatic heterocycles. The molecule has 4 nitrogen and oxygen atoms in total. The summed E-state index contributed by atoms with van der Waals surface area (Å²) < 4.78 is 7.20. The molecule has 0 amide bonds. The second-order valence-corrected chi connectivity index (χ2v) is 20.2. The van der Waals surface area contributed by atoms with Gasteiger partial charge in [0.05, 0.1) is 22.7 Å². The van der Waals surface area contributed by atoms with Crippen LogP contribution in [0.4, 0.5) is 34.1 Å². The summed E-state index contributed by atoms with van der Waals surface area (Å²) in [4.78, 5) is 4.61. The van der Waals surface area contributed by atoms with Crippen molar-refractivity contribution in [2.24, 2.45) is 0 Å². The third-order valence-electron chi connectivity index (χ3n) is 15.4. The lowest BCUT2D eigenvalue weighted by Gasteiger charge is -2.30. The number of aryl methyl sites for hydroxylation is 6. The van der Waals surface area contributed by atoms with Crippen LogP contribution in [0, 0.1) is 41.5 Å². The Labute approximate surface area is 432 Å². The number of hydrogen-bond acceptors (Lipinski definition) is 4. The molecule has 0 radical (unpaired) electrons. The van der Waals surface area contributed by atoms with Gasteiger partial charge in [-0.1, -0.05) is 169 Å². The maximum Gasteiger partial charge on any atom is 0.159 e. The average molecular weight is 955 g/mol. The van der Waals surface area contributed by atoms with Gasteiger partial charge in [-0.2, -0.15) is 0 Å². The number of hydrogen-bond donors (Lipinski definition) is 1. The molecule has 1 N–H and O–H groups in total. The number of para-hydroxylation sites is 3. The molecule has 0 spiro atoms. The minimum Gasteiger partial charge on any atom is -0.505 e. The lowest BCUT2D eigenvalue weighted by Crippen LogP contribution is -2.12. The molecule has 13 rings (SSSR count). The van der Waals surface area contributed by atoms with Crippen molar-refractivity contribution >= 4 is 88.4 Å². The molecule has 1 aromatic heterocycles. The molecule has 0 bridgehead atoms. The minimum absolute atomic E-state index is 0.217. The van der Waals surface area contributed by atoms with Gasteiger partial charge in [-0.05, 0) is 162 Å². The van der Waals surface area contributed by atoms with Crippen molar-refractivity contribution in [3.05, 3.63) is 246 Å². The third kappa shape index (κ3) is 7.20. The van der Waals surface area contributed by atoms with E-state index in [1.807, 2.05) is 12.1 Å².